The van der Waals surface area contributed by atoms with E-state index in [0.29, 0.717) is 19.2 Å². The van der Waals surface area contributed by atoms with Crippen molar-refractivity contribution in [2.45, 2.75) is 20.0 Å². The van der Waals surface area contributed by atoms with Crippen LogP contribution in [0.5, 0.6) is 0 Å². The lowest BCUT2D eigenvalue weighted by Gasteiger charge is -2.26. The van der Waals surface area contributed by atoms with E-state index in [1.54, 1.807) is 4.90 Å². The molecule has 0 saturated carbocycles. The fraction of sp³-hybridized carbons (Fsp3) is 0.312. The molecule has 0 atom stereocenters. The molecule has 0 aliphatic carbocycles. The molecule has 0 fully saturated rings. The Balaban J connectivity index is 2.45. The van der Waals surface area contributed by atoms with Crippen LogP contribution in [0.1, 0.15) is 19.4 Å². The highest BCUT2D eigenvalue weighted by molar-refractivity contribution is 6.33. The van der Waals surface area contributed by atoms with Crippen molar-refractivity contribution in [3.8, 4) is 11.1 Å². The molecule has 138 valence electrons. The van der Waals surface area contributed by atoms with Crippen molar-refractivity contribution >= 4 is 23.2 Å². The highest BCUT2D eigenvalue weighted by atomic mass is 35.5. The molecule has 2 aromatic heterocycles. The van der Waals surface area contributed by atoms with E-state index >= 15 is 0 Å². The number of rotatable bonds is 4. The number of benzene rings is 1. The van der Waals surface area contributed by atoms with Crippen LogP contribution >= 0.6 is 11.6 Å². The van der Waals surface area contributed by atoms with Crippen LogP contribution in [-0.2, 0) is 6.18 Å². The van der Waals surface area contributed by atoms with E-state index in [0.717, 1.165) is 12.1 Å². The van der Waals surface area contributed by atoms with Crippen LogP contribution in [0.4, 0.5) is 23.4 Å². The summed E-state index contributed by atoms with van der Waals surface area (Å²) < 4.78 is 55.7. The number of anilines is 1. The second-order valence-electron chi connectivity index (χ2n) is 5.43. The number of aromatic nitrogens is 4. The normalized spacial score (nSPS) is 12.0. The van der Waals surface area contributed by atoms with Crippen molar-refractivity contribution < 1.29 is 17.6 Å². The fourth-order valence-corrected chi connectivity index (χ4v) is 3.08. The summed E-state index contributed by atoms with van der Waals surface area (Å²) in [5.74, 6) is -0.391. The van der Waals surface area contributed by atoms with Crippen molar-refractivity contribution in [1.29, 1.82) is 0 Å². The molecular formula is C16H14ClF4N5. The predicted octanol–water partition coefficient (Wildman–Crippen LogP) is 4.45. The minimum atomic E-state index is -4.69. The van der Waals surface area contributed by atoms with E-state index in [-0.39, 0.29) is 22.3 Å². The third-order valence-corrected chi connectivity index (χ3v) is 4.25. The Morgan fingerprint density at radius 1 is 1.19 bits per heavy atom. The molecule has 0 unspecified atom stereocenters. The zero-order valence-corrected chi connectivity index (χ0v) is 14.6. The van der Waals surface area contributed by atoms with Gasteiger partial charge in [-0.05, 0) is 32.0 Å². The molecule has 3 rings (SSSR count). The first kappa shape index (κ1) is 18.4. The third-order valence-electron chi connectivity index (χ3n) is 3.98. The molecule has 0 aliphatic rings. The van der Waals surface area contributed by atoms with Crippen LogP contribution in [0, 0.1) is 5.82 Å². The zero-order chi connectivity index (χ0) is 19.1. The van der Waals surface area contributed by atoms with Crippen LogP contribution < -0.4 is 4.90 Å². The van der Waals surface area contributed by atoms with Gasteiger partial charge in [0, 0.05) is 18.7 Å². The average Bonchev–Trinajstić information content (AvgIpc) is 3.02. The van der Waals surface area contributed by atoms with Crippen molar-refractivity contribution in [3.05, 3.63) is 41.1 Å². The molecule has 0 spiro atoms. The van der Waals surface area contributed by atoms with E-state index in [1.165, 1.54) is 10.8 Å². The molecule has 0 saturated heterocycles. The quantitative estimate of drug-likeness (QED) is 0.490. The van der Waals surface area contributed by atoms with E-state index in [1.807, 2.05) is 13.8 Å². The first-order valence-electron chi connectivity index (χ1n) is 7.79. The molecule has 0 N–H and O–H groups in total. The minimum absolute atomic E-state index is 0.0415. The van der Waals surface area contributed by atoms with Gasteiger partial charge in [0.1, 0.15) is 23.1 Å². The standard InChI is InChI=1S/C16H14ClF4N5/c1-3-25(4-2)14-12(13(17)24-15-22-8-23-26(14)15)10-7-9(18)5-6-11(10)16(19,20)21/h5-8H,3-4H2,1-2H3. The minimum Gasteiger partial charge on any atom is -0.356 e. The van der Waals surface area contributed by atoms with Gasteiger partial charge in [-0.3, -0.25) is 0 Å². The number of hydrogen-bond donors (Lipinski definition) is 0. The highest BCUT2D eigenvalue weighted by Crippen LogP contribution is 2.43. The Morgan fingerprint density at radius 2 is 1.88 bits per heavy atom. The third kappa shape index (κ3) is 3.07. The molecular weight excluding hydrogens is 374 g/mol. The van der Waals surface area contributed by atoms with Gasteiger partial charge < -0.3 is 4.90 Å². The summed E-state index contributed by atoms with van der Waals surface area (Å²) in [4.78, 5) is 9.72. The van der Waals surface area contributed by atoms with Crippen LogP contribution in [0.15, 0.2) is 24.5 Å². The van der Waals surface area contributed by atoms with E-state index in [4.69, 9.17) is 11.6 Å². The second-order valence-corrected chi connectivity index (χ2v) is 5.79. The van der Waals surface area contributed by atoms with Crippen LogP contribution in [-0.4, -0.2) is 32.7 Å². The Morgan fingerprint density at radius 3 is 2.50 bits per heavy atom. The monoisotopic (exact) mass is 387 g/mol. The van der Waals surface area contributed by atoms with Gasteiger partial charge in [0.25, 0.3) is 5.78 Å². The lowest BCUT2D eigenvalue weighted by Crippen LogP contribution is -2.26. The predicted molar refractivity (Wildman–Crippen MR) is 89.7 cm³/mol. The molecule has 10 heteroatoms. The second kappa shape index (κ2) is 6.71. The maximum absolute atomic E-state index is 13.8. The van der Waals surface area contributed by atoms with Gasteiger partial charge in [0.2, 0.25) is 0 Å². The van der Waals surface area contributed by atoms with Gasteiger partial charge in [-0.25, -0.2) is 4.39 Å². The molecule has 0 aliphatic heterocycles. The molecule has 3 aromatic rings. The molecule has 0 amide bonds. The summed E-state index contributed by atoms with van der Waals surface area (Å²) in [7, 11) is 0. The van der Waals surface area contributed by atoms with Gasteiger partial charge in [0.15, 0.2) is 0 Å². The molecule has 1 aromatic carbocycles. The Bertz CT molecular complexity index is 950. The lowest BCUT2D eigenvalue weighted by molar-refractivity contribution is -0.137. The Kier molecular flexibility index (Phi) is 4.74. The molecule has 0 bridgehead atoms. The van der Waals surface area contributed by atoms with Crippen molar-refractivity contribution in [2.75, 3.05) is 18.0 Å². The fourth-order valence-electron chi connectivity index (χ4n) is 2.82. The highest BCUT2D eigenvalue weighted by Gasteiger charge is 2.36. The zero-order valence-electron chi connectivity index (χ0n) is 13.8. The van der Waals surface area contributed by atoms with Crippen molar-refractivity contribution in [1.82, 2.24) is 19.6 Å². The number of hydrogen-bond acceptors (Lipinski definition) is 4. The Labute approximate surface area is 151 Å². The van der Waals surface area contributed by atoms with E-state index in [2.05, 4.69) is 15.1 Å². The molecule has 5 nitrogen and oxygen atoms in total. The lowest BCUT2D eigenvalue weighted by atomic mass is 10.00. The molecule has 26 heavy (non-hydrogen) atoms. The summed E-state index contributed by atoms with van der Waals surface area (Å²) in [6, 6.07) is 2.26. The largest absolute Gasteiger partial charge is 0.417 e. The van der Waals surface area contributed by atoms with Gasteiger partial charge in [-0.2, -0.15) is 32.8 Å². The average molecular weight is 388 g/mol. The maximum atomic E-state index is 13.8. The topological polar surface area (TPSA) is 46.3 Å². The van der Waals surface area contributed by atoms with Gasteiger partial charge in [-0.1, -0.05) is 11.6 Å². The number of fused-ring (bicyclic) bond motifs is 1. The van der Waals surface area contributed by atoms with E-state index in [9.17, 15) is 17.6 Å². The maximum Gasteiger partial charge on any atom is 0.417 e. The summed E-state index contributed by atoms with van der Waals surface area (Å²) in [6.45, 7) is 4.60. The summed E-state index contributed by atoms with van der Waals surface area (Å²) >= 11 is 6.22. The van der Waals surface area contributed by atoms with Gasteiger partial charge in [-0.15, -0.1) is 0 Å². The smallest absolute Gasteiger partial charge is 0.356 e. The number of nitrogens with zero attached hydrogens (tertiary/aromatic N) is 5. The SMILES string of the molecule is CCN(CC)c1c(-c2cc(F)ccc2C(F)(F)F)c(Cl)nc2ncnn12. The first-order chi connectivity index (χ1) is 12.3. The summed E-state index contributed by atoms with van der Waals surface area (Å²) in [5, 5.41) is 3.84. The summed E-state index contributed by atoms with van der Waals surface area (Å²) in [6.07, 6.45) is -3.46. The van der Waals surface area contributed by atoms with Crippen LogP contribution in [0.25, 0.3) is 16.9 Å². The Hall–Kier alpha value is -2.42. The van der Waals surface area contributed by atoms with Gasteiger partial charge >= 0.3 is 6.18 Å². The molecule has 0 radical (unpaired) electrons. The number of halogens is 5. The van der Waals surface area contributed by atoms with Crippen molar-refractivity contribution in [2.24, 2.45) is 0 Å². The number of alkyl halides is 3. The van der Waals surface area contributed by atoms with Gasteiger partial charge in [0.05, 0.1) is 11.1 Å². The van der Waals surface area contributed by atoms with Crippen LogP contribution in [0.2, 0.25) is 5.15 Å². The van der Waals surface area contributed by atoms with Crippen molar-refractivity contribution in [3.63, 3.8) is 0 Å². The summed E-state index contributed by atoms with van der Waals surface area (Å²) in [5.41, 5.74) is -1.44. The molecule has 2 heterocycles. The first-order valence-corrected chi connectivity index (χ1v) is 8.17. The van der Waals surface area contributed by atoms with E-state index < -0.39 is 23.1 Å². The van der Waals surface area contributed by atoms with Crippen LogP contribution in [0.3, 0.4) is 0 Å².